The lowest BCUT2D eigenvalue weighted by molar-refractivity contribution is 0.173. The molecule has 0 saturated heterocycles. The summed E-state index contributed by atoms with van der Waals surface area (Å²) in [4.78, 5) is 0. The van der Waals surface area contributed by atoms with E-state index in [2.05, 4.69) is 37.3 Å². The minimum Gasteiger partial charge on any atom is -0.388 e. The summed E-state index contributed by atoms with van der Waals surface area (Å²) in [5.74, 6) is 0. The van der Waals surface area contributed by atoms with Crippen molar-refractivity contribution in [2.45, 2.75) is 39.2 Å². The van der Waals surface area contributed by atoms with Gasteiger partial charge in [0.1, 0.15) is 0 Å². The van der Waals surface area contributed by atoms with E-state index >= 15 is 0 Å². The Morgan fingerprint density at radius 2 is 1.37 bits per heavy atom. The molecule has 1 unspecified atom stereocenters. The molecule has 2 aromatic carbocycles. The predicted molar refractivity (Wildman–Crippen MR) is 82.1 cm³/mol. The van der Waals surface area contributed by atoms with Crippen LogP contribution < -0.4 is 0 Å². The van der Waals surface area contributed by atoms with Crippen molar-refractivity contribution in [2.24, 2.45) is 0 Å². The fourth-order valence-corrected chi connectivity index (χ4v) is 1.84. The Labute approximate surface area is 116 Å². The number of rotatable bonds is 4. The summed E-state index contributed by atoms with van der Waals surface area (Å²) in [6, 6.07) is 20.3. The van der Waals surface area contributed by atoms with E-state index < -0.39 is 0 Å². The molecule has 102 valence electrons. The van der Waals surface area contributed by atoms with Crippen LogP contribution in [0.15, 0.2) is 60.7 Å². The molecule has 2 rings (SSSR count). The van der Waals surface area contributed by atoms with Crippen LogP contribution in [0.3, 0.4) is 0 Å². The summed E-state index contributed by atoms with van der Waals surface area (Å²) in [6.45, 7) is 4.17. The highest BCUT2D eigenvalue weighted by molar-refractivity contribution is 5.16. The first-order chi connectivity index (χ1) is 9.27. The lowest BCUT2D eigenvalue weighted by Gasteiger charge is -2.05. The van der Waals surface area contributed by atoms with Crippen molar-refractivity contribution in [1.82, 2.24) is 0 Å². The van der Waals surface area contributed by atoms with Crippen molar-refractivity contribution in [2.75, 3.05) is 0 Å². The molecular formula is C18H24O. The Bertz CT molecular complexity index is 422. The molecule has 0 aliphatic heterocycles. The quantitative estimate of drug-likeness (QED) is 0.835. The van der Waals surface area contributed by atoms with E-state index in [4.69, 9.17) is 0 Å². The van der Waals surface area contributed by atoms with Gasteiger partial charge < -0.3 is 5.11 Å². The topological polar surface area (TPSA) is 20.2 Å². The van der Waals surface area contributed by atoms with Gasteiger partial charge in [-0.1, -0.05) is 80.9 Å². The summed E-state index contributed by atoms with van der Waals surface area (Å²) in [5.41, 5.74) is 2.45. The van der Waals surface area contributed by atoms with Gasteiger partial charge in [-0.3, -0.25) is 0 Å². The van der Waals surface area contributed by atoms with Crippen molar-refractivity contribution in [3.8, 4) is 0 Å². The minimum absolute atomic E-state index is 0.291. The molecule has 0 aliphatic rings. The number of benzene rings is 2. The predicted octanol–water partition coefficient (Wildman–Crippen LogP) is 4.77. The molecule has 19 heavy (non-hydrogen) atoms. The van der Waals surface area contributed by atoms with E-state index in [0.29, 0.717) is 0 Å². The summed E-state index contributed by atoms with van der Waals surface area (Å²) < 4.78 is 0. The van der Waals surface area contributed by atoms with Crippen molar-refractivity contribution in [3.05, 3.63) is 71.8 Å². The van der Waals surface area contributed by atoms with Gasteiger partial charge >= 0.3 is 0 Å². The van der Waals surface area contributed by atoms with Gasteiger partial charge in [0.25, 0.3) is 0 Å². The molecule has 0 aliphatic carbocycles. The van der Waals surface area contributed by atoms with E-state index in [1.807, 2.05) is 37.3 Å². The molecule has 2 aromatic rings. The fourth-order valence-electron chi connectivity index (χ4n) is 1.84. The second-order valence-electron chi connectivity index (χ2n) is 4.57. The number of aliphatic hydroxyl groups is 1. The van der Waals surface area contributed by atoms with Crippen LogP contribution in [0.2, 0.25) is 0 Å². The fraction of sp³-hybridized carbons (Fsp3) is 0.333. The Kier molecular flexibility index (Phi) is 7.60. The monoisotopic (exact) mass is 256 g/mol. The summed E-state index contributed by atoms with van der Waals surface area (Å²) in [5, 5.41) is 9.33. The molecule has 0 aromatic heterocycles. The van der Waals surface area contributed by atoms with Crippen LogP contribution in [0, 0.1) is 0 Å². The molecular weight excluding hydrogens is 232 g/mol. The third-order valence-corrected chi connectivity index (χ3v) is 2.95. The van der Waals surface area contributed by atoms with Crippen LogP contribution in [-0.4, -0.2) is 5.11 Å². The average Bonchev–Trinajstić information content (AvgIpc) is 2.49. The SMILES string of the molecule is CCC(O)c1ccccc1.CCCc1ccccc1. The van der Waals surface area contributed by atoms with E-state index in [1.165, 1.54) is 18.4 Å². The molecule has 0 bridgehead atoms. The van der Waals surface area contributed by atoms with Crippen LogP contribution in [0.25, 0.3) is 0 Å². The Balaban J connectivity index is 0.000000191. The zero-order chi connectivity index (χ0) is 13.9. The van der Waals surface area contributed by atoms with E-state index in [-0.39, 0.29) is 6.10 Å². The molecule has 0 spiro atoms. The lowest BCUT2D eigenvalue weighted by Crippen LogP contribution is -1.93. The molecule has 1 heteroatoms. The van der Waals surface area contributed by atoms with Gasteiger partial charge in [0.15, 0.2) is 0 Å². The van der Waals surface area contributed by atoms with Crippen molar-refractivity contribution in [3.63, 3.8) is 0 Å². The third kappa shape index (κ3) is 6.21. The second kappa shape index (κ2) is 9.35. The summed E-state index contributed by atoms with van der Waals surface area (Å²) >= 11 is 0. The number of hydrogen-bond acceptors (Lipinski definition) is 1. The Hall–Kier alpha value is -1.60. The van der Waals surface area contributed by atoms with Gasteiger partial charge in [-0.05, 0) is 24.0 Å². The minimum atomic E-state index is -0.291. The highest BCUT2D eigenvalue weighted by atomic mass is 16.3. The molecule has 0 fully saturated rings. The Morgan fingerprint density at radius 3 is 1.84 bits per heavy atom. The maximum absolute atomic E-state index is 9.33. The van der Waals surface area contributed by atoms with Crippen LogP contribution in [0.5, 0.6) is 0 Å². The standard InChI is InChI=1S/C9H12O.C9H12/c1-2-9(10)8-6-4-3-5-7-8;1-2-6-9-7-4-3-5-8-9/h3-7,9-10H,2H2,1H3;3-5,7-8H,2,6H2,1H3. The normalized spacial score (nSPS) is 11.3. The maximum Gasteiger partial charge on any atom is 0.0787 e. The van der Waals surface area contributed by atoms with Crippen molar-refractivity contribution in [1.29, 1.82) is 0 Å². The van der Waals surface area contributed by atoms with E-state index in [0.717, 1.165) is 12.0 Å². The summed E-state index contributed by atoms with van der Waals surface area (Å²) in [6.07, 6.45) is 2.94. The number of aryl methyl sites for hydroxylation is 1. The van der Waals surface area contributed by atoms with E-state index in [9.17, 15) is 5.11 Å². The second-order valence-corrected chi connectivity index (χ2v) is 4.57. The van der Waals surface area contributed by atoms with Gasteiger partial charge in [-0.25, -0.2) is 0 Å². The highest BCUT2D eigenvalue weighted by Gasteiger charge is 2.00. The molecule has 0 radical (unpaired) electrons. The molecule has 1 N–H and O–H groups in total. The molecule has 0 heterocycles. The maximum atomic E-state index is 9.33. The first-order valence-electron chi connectivity index (χ1n) is 7.04. The van der Waals surface area contributed by atoms with E-state index in [1.54, 1.807) is 0 Å². The van der Waals surface area contributed by atoms with Gasteiger partial charge in [-0.15, -0.1) is 0 Å². The van der Waals surface area contributed by atoms with Crippen molar-refractivity contribution >= 4 is 0 Å². The first kappa shape index (κ1) is 15.5. The largest absolute Gasteiger partial charge is 0.388 e. The zero-order valence-corrected chi connectivity index (χ0v) is 11.9. The average molecular weight is 256 g/mol. The number of hydrogen-bond donors (Lipinski definition) is 1. The van der Waals surface area contributed by atoms with Crippen molar-refractivity contribution < 1.29 is 5.11 Å². The van der Waals surface area contributed by atoms with Crippen LogP contribution in [0.1, 0.15) is 43.9 Å². The van der Waals surface area contributed by atoms with Gasteiger partial charge in [0.2, 0.25) is 0 Å². The van der Waals surface area contributed by atoms with Gasteiger partial charge in [0.05, 0.1) is 6.10 Å². The molecule has 0 amide bonds. The van der Waals surface area contributed by atoms with Crippen LogP contribution in [-0.2, 0) is 6.42 Å². The molecule has 0 saturated carbocycles. The Morgan fingerprint density at radius 1 is 0.842 bits per heavy atom. The van der Waals surface area contributed by atoms with Gasteiger partial charge in [0, 0.05) is 0 Å². The molecule has 1 nitrogen and oxygen atoms in total. The van der Waals surface area contributed by atoms with Gasteiger partial charge in [-0.2, -0.15) is 0 Å². The summed E-state index contributed by atoms with van der Waals surface area (Å²) in [7, 11) is 0. The van der Waals surface area contributed by atoms with Crippen LogP contribution >= 0.6 is 0 Å². The number of aliphatic hydroxyl groups excluding tert-OH is 1. The highest BCUT2D eigenvalue weighted by Crippen LogP contribution is 2.14. The zero-order valence-electron chi connectivity index (χ0n) is 11.9. The third-order valence-electron chi connectivity index (χ3n) is 2.95. The van der Waals surface area contributed by atoms with Crippen LogP contribution in [0.4, 0.5) is 0 Å². The first-order valence-corrected chi connectivity index (χ1v) is 7.04. The lowest BCUT2D eigenvalue weighted by atomic mass is 10.1. The molecule has 1 atom stereocenters. The smallest absolute Gasteiger partial charge is 0.0787 e.